The molecule has 0 radical (unpaired) electrons. The van der Waals surface area contributed by atoms with Gasteiger partial charge in [0.05, 0.1) is 0 Å². The van der Waals surface area contributed by atoms with Crippen LogP contribution in [-0.2, 0) is 6.61 Å². The van der Waals surface area contributed by atoms with Crippen molar-refractivity contribution in [2.24, 2.45) is 0 Å². The Morgan fingerprint density at radius 3 is 2.65 bits per heavy atom. The van der Waals surface area contributed by atoms with Crippen molar-refractivity contribution in [3.63, 3.8) is 0 Å². The van der Waals surface area contributed by atoms with Gasteiger partial charge >= 0.3 is 0 Å². The fourth-order valence-electron chi connectivity index (χ4n) is 1.83. The van der Waals surface area contributed by atoms with Gasteiger partial charge in [0.15, 0.2) is 6.21 Å². The van der Waals surface area contributed by atoms with Crippen LogP contribution in [-0.4, -0.2) is 17.9 Å². The molecule has 23 heavy (non-hydrogen) atoms. The maximum Gasteiger partial charge on any atom is 0.223 e. The summed E-state index contributed by atoms with van der Waals surface area (Å²) in [5, 5.41) is 6.40. The highest BCUT2D eigenvalue weighted by atomic mass is 32.1. The number of hydrazone groups is 1. The summed E-state index contributed by atoms with van der Waals surface area (Å²) in [6, 6.07) is 14.0. The first-order valence-electron chi connectivity index (χ1n) is 7.28. The molecule has 0 heterocycles. The number of rotatable bonds is 6. The molecular formula is C17H19FN3OS+. The van der Waals surface area contributed by atoms with Gasteiger partial charge in [-0.15, -0.1) is 10.5 Å². The molecule has 4 nitrogen and oxygen atoms in total. The first kappa shape index (κ1) is 16.9. The Labute approximate surface area is 140 Å². The first-order valence-corrected chi connectivity index (χ1v) is 7.68. The van der Waals surface area contributed by atoms with Gasteiger partial charge in [0.2, 0.25) is 5.11 Å². The number of nitrogens with one attached hydrogen (secondary N) is 3. The van der Waals surface area contributed by atoms with E-state index in [2.05, 4.69) is 15.8 Å². The zero-order valence-electron chi connectivity index (χ0n) is 12.8. The molecule has 0 amide bonds. The van der Waals surface area contributed by atoms with Gasteiger partial charge in [-0.3, -0.25) is 0 Å². The Morgan fingerprint density at radius 2 is 1.96 bits per heavy atom. The fourth-order valence-corrected chi connectivity index (χ4v) is 2.03. The maximum atomic E-state index is 13.5. The average molecular weight is 332 g/mol. The van der Waals surface area contributed by atoms with E-state index in [-0.39, 0.29) is 12.4 Å². The standard InChI is InChI=1S/C17H18FN3OS/c1-2-19-17(23)21-20-11-13-7-9-15(10-8-13)22-12-14-5-3-4-6-16(14)18/h3-11H,2,12H2,1H3,(H2,19,21,23)/p+1. The lowest BCUT2D eigenvalue weighted by molar-refractivity contribution is -0.500. The smallest absolute Gasteiger partial charge is 0.223 e. The Kier molecular flexibility index (Phi) is 6.50. The summed E-state index contributed by atoms with van der Waals surface area (Å²) in [6.07, 6.45) is 1.78. The molecule has 2 aromatic rings. The highest BCUT2D eigenvalue weighted by molar-refractivity contribution is 7.80. The third-order valence-electron chi connectivity index (χ3n) is 2.99. The van der Waals surface area contributed by atoms with Gasteiger partial charge in [-0.05, 0) is 49.5 Å². The van der Waals surface area contributed by atoms with Crippen molar-refractivity contribution in [1.82, 2.24) is 10.7 Å². The van der Waals surface area contributed by atoms with Crippen LogP contribution in [0.3, 0.4) is 0 Å². The third kappa shape index (κ3) is 5.67. The van der Waals surface area contributed by atoms with Crippen molar-refractivity contribution >= 4 is 23.5 Å². The molecule has 0 aliphatic rings. The highest BCUT2D eigenvalue weighted by Crippen LogP contribution is 2.14. The molecule has 2 aromatic carbocycles. The Bertz CT molecular complexity index is 674. The summed E-state index contributed by atoms with van der Waals surface area (Å²) in [5.74, 6) is 0.422. The van der Waals surface area contributed by atoms with Crippen LogP contribution in [0.5, 0.6) is 5.75 Å². The zero-order valence-corrected chi connectivity index (χ0v) is 13.6. The van der Waals surface area contributed by atoms with E-state index < -0.39 is 0 Å². The van der Waals surface area contributed by atoms with Gasteiger partial charge in [0.25, 0.3) is 0 Å². The van der Waals surface area contributed by atoms with Crippen LogP contribution in [0.15, 0.2) is 48.5 Å². The van der Waals surface area contributed by atoms with Gasteiger partial charge in [-0.2, -0.15) is 0 Å². The Morgan fingerprint density at radius 1 is 1.22 bits per heavy atom. The normalized spacial score (nSPS) is 10.5. The fraction of sp³-hybridized carbons (Fsp3) is 0.176. The van der Waals surface area contributed by atoms with Crippen molar-refractivity contribution in [3.05, 3.63) is 65.5 Å². The monoisotopic (exact) mass is 332 g/mol. The molecule has 120 valence electrons. The molecular weight excluding hydrogens is 313 g/mol. The van der Waals surface area contributed by atoms with Crippen molar-refractivity contribution in [2.75, 3.05) is 6.54 Å². The van der Waals surface area contributed by atoms with Gasteiger partial charge in [-0.1, -0.05) is 18.2 Å². The predicted molar refractivity (Wildman–Crippen MR) is 92.7 cm³/mol. The van der Waals surface area contributed by atoms with Crippen LogP contribution >= 0.6 is 12.2 Å². The predicted octanol–water partition coefficient (Wildman–Crippen LogP) is 1.30. The summed E-state index contributed by atoms with van der Waals surface area (Å²) in [4.78, 5) is 0. The van der Waals surface area contributed by atoms with Crippen molar-refractivity contribution < 1.29 is 14.2 Å². The summed E-state index contributed by atoms with van der Waals surface area (Å²) >= 11 is 5.03. The van der Waals surface area contributed by atoms with Gasteiger partial charge < -0.3 is 10.1 Å². The number of hydrogen-bond donors (Lipinski definition) is 3. The maximum absolute atomic E-state index is 13.5. The molecule has 0 aliphatic heterocycles. The number of thiocarbonyl (C=S) groups is 1. The molecule has 6 heteroatoms. The molecule has 0 aliphatic carbocycles. The van der Waals surface area contributed by atoms with E-state index in [1.807, 2.05) is 31.2 Å². The zero-order chi connectivity index (χ0) is 16.5. The lowest BCUT2D eigenvalue weighted by Crippen LogP contribution is -2.82. The molecule has 2 rings (SSSR count). The number of halogens is 1. The molecule has 0 saturated carbocycles. The quantitative estimate of drug-likeness (QED) is 0.424. The number of ether oxygens (including phenoxy) is 1. The SMILES string of the molecule is CCNC(=S)N[NH+]=Cc1ccc(OCc2ccccc2F)cc1. The van der Waals surface area contributed by atoms with E-state index in [0.29, 0.717) is 16.4 Å². The Balaban J connectivity index is 1.86. The van der Waals surface area contributed by atoms with Crippen molar-refractivity contribution in [3.8, 4) is 5.75 Å². The molecule has 0 unspecified atom stereocenters. The Hall–Kier alpha value is -2.47. The lowest BCUT2D eigenvalue weighted by atomic mass is 10.2. The minimum Gasteiger partial charge on any atom is -0.489 e. The molecule has 3 N–H and O–H groups in total. The van der Waals surface area contributed by atoms with E-state index in [1.165, 1.54) is 6.07 Å². The minimum atomic E-state index is -0.260. The second-order valence-electron chi connectivity index (χ2n) is 4.72. The van der Waals surface area contributed by atoms with E-state index in [1.54, 1.807) is 24.4 Å². The first-order chi connectivity index (χ1) is 11.2. The average Bonchev–Trinajstić information content (AvgIpc) is 2.56. The summed E-state index contributed by atoms with van der Waals surface area (Å²) in [7, 11) is 0. The van der Waals surface area contributed by atoms with Gasteiger partial charge in [0.1, 0.15) is 18.2 Å². The summed E-state index contributed by atoms with van der Waals surface area (Å²) in [6.45, 7) is 2.94. The number of hydrogen-bond acceptors (Lipinski definition) is 2. The molecule has 0 spiro atoms. The van der Waals surface area contributed by atoms with E-state index in [0.717, 1.165) is 12.1 Å². The molecule has 0 saturated heterocycles. The topological polar surface area (TPSA) is 47.3 Å². The molecule has 0 aromatic heterocycles. The van der Waals surface area contributed by atoms with Crippen LogP contribution in [0.2, 0.25) is 0 Å². The van der Waals surface area contributed by atoms with Crippen LogP contribution in [0, 0.1) is 5.82 Å². The van der Waals surface area contributed by atoms with Gasteiger partial charge in [0, 0.05) is 17.7 Å². The highest BCUT2D eigenvalue weighted by Gasteiger charge is 2.02. The van der Waals surface area contributed by atoms with Crippen LogP contribution in [0.4, 0.5) is 4.39 Å². The lowest BCUT2D eigenvalue weighted by Gasteiger charge is -2.06. The largest absolute Gasteiger partial charge is 0.489 e. The van der Waals surface area contributed by atoms with Crippen molar-refractivity contribution in [2.45, 2.75) is 13.5 Å². The van der Waals surface area contributed by atoms with Crippen LogP contribution in [0.25, 0.3) is 0 Å². The molecule has 0 fully saturated rings. The van der Waals surface area contributed by atoms with E-state index in [9.17, 15) is 4.39 Å². The van der Waals surface area contributed by atoms with E-state index >= 15 is 0 Å². The van der Waals surface area contributed by atoms with Crippen LogP contribution in [0.1, 0.15) is 18.1 Å². The number of hydrazine groups is 1. The minimum absolute atomic E-state index is 0.201. The third-order valence-corrected chi connectivity index (χ3v) is 3.24. The van der Waals surface area contributed by atoms with Crippen LogP contribution < -0.4 is 20.6 Å². The summed E-state index contributed by atoms with van der Waals surface area (Å²) in [5.41, 5.74) is 4.33. The summed E-state index contributed by atoms with van der Waals surface area (Å²) < 4.78 is 19.1. The second-order valence-corrected chi connectivity index (χ2v) is 5.13. The van der Waals surface area contributed by atoms with Gasteiger partial charge in [-0.25, -0.2) is 4.39 Å². The molecule has 0 atom stereocenters. The number of benzene rings is 2. The van der Waals surface area contributed by atoms with Crippen molar-refractivity contribution in [1.29, 1.82) is 0 Å². The second kappa shape index (κ2) is 8.85. The molecule has 0 bridgehead atoms. The van der Waals surface area contributed by atoms with E-state index in [4.69, 9.17) is 17.0 Å².